The van der Waals surface area contributed by atoms with E-state index >= 15 is 0 Å². The molecule has 0 heterocycles. The van der Waals surface area contributed by atoms with Crippen LogP contribution in [0.25, 0.3) is 0 Å². The summed E-state index contributed by atoms with van der Waals surface area (Å²) < 4.78 is 0. The Morgan fingerprint density at radius 3 is 2.28 bits per heavy atom. The Bertz CT molecular complexity index is 303. The Balaban J connectivity index is 3.93. The molecule has 0 aromatic heterocycles. The molecule has 0 saturated carbocycles. The predicted molar refractivity (Wildman–Crippen MR) is 65.8 cm³/mol. The minimum Gasteiger partial charge on any atom is -0.481 e. The molecule has 2 amide bonds. The molecular formula is C11H21N3O4. The quantitative estimate of drug-likeness (QED) is 0.526. The Kier molecular flexibility index (Phi) is 7.69. The van der Waals surface area contributed by atoms with Gasteiger partial charge in [-0.3, -0.25) is 14.4 Å². The largest absolute Gasteiger partial charge is 0.481 e. The van der Waals surface area contributed by atoms with Crippen LogP contribution in [0.2, 0.25) is 0 Å². The number of hydrogen-bond acceptors (Lipinski definition) is 4. The van der Waals surface area contributed by atoms with E-state index in [1.807, 2.05) is 13.8 Å². The monoisotopic (exact) mass is 259 g/mol. The molecule has 1 unspecified atom stereocenters. The maximum absolute atomic E-state index is 11.6. The minimum absolute atomic E-state index is 0.0490. The van der Waals surface area contributed by atoms with Gasteiger partial charge in [-0.2, -0.15) is 0 Å². The van der Waals surface area contributed by atoms with E-state index in [2.05, 4.69) is 5.32 Å². The standard InChI is InChI=1S/C11H21N3O4/c1-3-14(4-2)9(15)5-6-13-11(18)8(12)7-10(16)17/h8H,3-7,12H2,1-2H3,(H,13,18)(H,16,17). The lowest BCUT2D eigenvalue weighted by atomic mass is 10.2. The third-order valence-corrected chi connectivity index (χ3v) is 2.49. The van der Waals surface area contributed by atoms with Gasteiger partial charge in [0, 0.05) is 26.1 Å². The second kappa shape index (κ2) is 8.46. The maximum atomic E-state index is 11.6. The Morgan fingerprint density at radius 1 is 1.28 bits per heavy atom. The summed E-state index contributed by atoms with van der Waals surface area (Å²) in [6.07, 6.45) is -0.233. The summed E-state index contributed by atoms with van der Waals surface area (Å²) in [5.41, 5.74) is 5.36. The summed E-state index contributed by atoms with van der Waals surface area (Å²) in [7, 11) is 0. The van der Waals surface area contributed by atoms with Crippen molar-refractivity contribution in [2.45, 2.75) is 32.7 Å². The highest BCUT2D eigenvalue weighted by Gasteiger charge is 2.17. The van der Waals surface area contributed by atoms with Crippen molar-refractivity contribution in [3.8, 4) is 0 Å². The van der Waals surface area contributed by atoms with Crippen LogP contribution >= 0.6 is 0 Å². The number of carbonyl (C=O) groups is 3. The number of hydrogen-bond donors (Lipinski definition) is 3. The van der Waals surface area contributed by atoms with Gasteiger partial charge in [-0.1, -0.05) is 0 Å². The fourth-order valence-electron chi connectivity index (χ4n) is 1.44. The van der Waals surface area contributed by atoms with E-state index in [1.165, 1.54) is 0 Å². The second-order valence-electron chi connectivity index (χ2n) is 3.81. The van der Waals surface area contributed by atoms with Crippen LogP contribution in [0, 0.1) is 0 Å². The zero-order valence-corrected chi connectivity index (χ0v) is 10.8. The third kappa shape index (κ3) is 6.19. The molecular weight excluding hydrogens is 238 g/mol. The van der Waals surface area contributed by atoms with Crippen LogP contribution in [-0.2, 0) is 14.4 Å². The number of amides is 2. The van der Waals surface area contributed by atoms with Gasteiger partial charge >= 0.3 is 5.97 Å². The van der Waals surface area contributed by atoms with Crippen LogP contribution in [0.5, 0.6) is 0 Å². The van der Waals surface area contributed by atoms with Crippen molar-refractivity contribution < 1.29 is 19.5 Å². The highest BCUT2D eigenvalue weighted by Crippen LogP contribution is 1.93. The molecule has 0 saturated heterocycles. The molecule has 0 bridgehead atoms. The fourth-order valence-corrected chi connectivity index (χ4v) is 1.44. The van der Waals surface area contributed by atoms with Crippen LogP contribution in [0.3, 0.4) is 0 Å². The number of nitrogens with one attached hydrogen (secondary N) is 1. The van der Waals surface area contributed by atoms with Gasteiger partial charge in [-0.15, -0.1) is 0 Å². The van der Waals surface area contributed by atoms with E-state index in [0.717, 1.165) is 0 Å². The van der Waals surface area contributed by atoms with Crippen molar-refractivity contribution in [3.05, 3.63) is 0 Å². The average Bonchev–Trinajstić information content (AvgIpc) is 2.29. The molecule has 0 aromatic carbocycles. The molecule has 18 heavy (non-hydrogen) atoms. The van der Waals surface area contributed by atoms with Crippen LogP contribution in [0.15, 0.2) is 0 Å². The summed E-state index contributed by atoms with van der Waals surface area (Å²) in [6.45, 7) is 5.18. The number of nitrogens with two attached hydrogens (primary N) is 1. The van der Waals surface area contributed by atoms with Gasteiger partial charge in [-0.25, -0.2) is 0 Å². The fraction of sp³-hybridized carbons (Fsp3) is 0.727. The normalized spacial score (nSPS) is 11.7. The van der Waals surface area contributed by atoms with Crippen molar-refractivity contribution in [2.75, 3.05) is 19.6 Å². The lowest BCUT2D eigenvalue weighted by Crippen LogP contribution is -2.43. The molecule has 0 spiro atoms. The number of aliphatic carboxylic acids is 1. The number of carbonyl (C=O) groups excluding carboxylic acids is 2. The molecule has 7 nitrogen and oxygen atoms in total. The van der Waals surface area contributed by atoms with E-state index in [-0.39, 0.29) is 18.9 Å². The molecule has 104 valence electrons. The van der Waals surface area contributed by atoms with Crippen molar-refractivity contribution in [2.24, 2.45) is 5.73 Å². The van der Waals surface area contributed by atoms with Crippen LogP contribution in [0.1, 0.15) is 26.7 Å². The summed E-state index contributed by atoms with van der Waals surface area (Å²) in [6, 6.07) is -1.08. The van der Waals surface area contributed by atoms with Gasteiger partial charge in [0.1, 0.15) is 0 Å². The Morgan fingerprint density at radius 2 is 1.83 bits per heavy atom. The van der Waals surface area contributed by atoms with E-state index in [1.54, 1.807) is 4.90 Å². The summed E-state index contributed by atoms with van der Waals surface area (Å²) >= 11 is 0. The number of carboxylic acid groups (broad SMARTS) is 1. The zero-order valence-electron chi connectivity index (χ0n) is 10.8. The number of rotatable bonds is 8. The van der Waals surface area contributed by atoms with Gasteiger partial charge < -0.3 is 21.1 Å². The van der Waals surface area contributed by atoms with Crippen LogP contribution < -0.4 is 11.1 Å². The van der Waals surface area contributed by atoms with Crippen molar-refractivity contribution >= 4 is 17.8 Å². The SMILES string of the molecule is CCN(CC)C(=O)CCNC(=O)C(N)CC(=O)O. The number of carboxylic acids is 1. The average molecular weight is 259 g/mol. The van der Waals surface area contributed by atoms with Crippen molar-refractivity contribution in [1.29, 1.82) is 0 Å². The topological polar surface area (TPSA) is 113 Å². The van der Waals surface area contributed by atoms with Gasteiger partial charge in [0.25, 0.3) is 0 Å². The zero-order chi connectivity index (χ0) is 14.1. The van der Waals surface area contributed by atoms with E-state index in [4.69, 9.17) is 10.8 Å². The van der Waals surface area contributed by atoms with Gasteiger partial charge in [-0.05, 0) is 13.8 Å². The Hall–Kier alpha value is -1.63. The van der Waals surface area contributed by atoms with E-state index in [9.17, 15) is 14.4 Å². The predicted octanol–water partition coefficient (Wildman–Crippen LogP) is -0.837. The minimum atomic E-state index is -1.13. The third-order valence-electron chi connectivity index (χ3n) is 2.49. The van der Waals surface area contributed by atoms with E-state index in [0.29, 0.717) is 13.1 Å². The van der Waals surface area contributed by atoms with Crippen molar-refractivity contribution in [3.63, 3.8) is 0 Å². The first kappa shape index (κ1) is 16.4. The first-order chi connectivity index (χ1) is 8.42. The smallest absolute Gasteiger partial charge is 0.305 e. The van der Waals surface area contributed by atoms with Gasteiger partial charge in [0.2, 0.25) is 11.8 Å². The lowest BCUT2D eigenvalue weighted by molar-refractivity contribution is -0.139. The molecule has 0 radical (unpaired) electrons. The second-order valence-corrected chi connectivity index (χ2v) is 3.81. The number of nitrogens with zero attached hydrogens (tertiary/aromatic N) is 1. The first-order valence-corrected chi connectivity index (χ1v) is 5.95. The summed E-state index contributed by atoms with van der Waals surface area (Å²) in [5, 5.41) is 10.9. The van der Waals surface area contributed by atoms with Crippen molar-refractivity contribution in [1.82, 2.24) is 10.2 Å². The molecule has 0 aliphatic heterocycles. The molecule has 0 aliphatic rings. The van der Waals surface area contributed by atoms with Gasteiger partial charge in [0.15, 0.2) is 0 Å². The van der Waals surface area contributed by atoms with Crippen LogP contribution in [0.4, 0.5) is 0 Å². The highest BCUT2D eigenvalue weighted by molar-refractivity contribution is 5.86. The summed E-state index contributed by atoms with van der Waals surface area (Å²) in [5.74, 6) is -1.73. The van der Waals surface area contributed by atoms with Gasteiger partial charge in [0.05, 0.1) is 12.5 Å². The lowest BCUT2D eigenvalue weighted by Gasteiger charge is -2.18. The molecule has 0 rings (SSSR count). The molecule has 7 heteroatoms. The Labute approximate surface area is 106 Å². The van der Waals surface area contributed by atoms with Crippen LogP contribution in [-0.4, -0.2) is 53.5 Å². The summed E-state index contributed by atoms with van der Waals surface area (Å²) in [4.78, 5) is 34.9. The van der Waals surface area contributed by atoms with E-state index < -0.39 is 24.3 Å². The molecule has 0 fully saturated rings. The molecule has 0 aromatic rings. The highest BCUT2D eigenvalue weighted by atomic mass is 16.4. The molecule has 0 aliphatic carbocycles. The maximum Gasteiger partial charge on any atom is 0.305 e. The molecule has 4 N–H and O–H groups in total. The molecule has 1 atom stereocenters. The first-order valence-electron chi connectivity index (χ1n) is 5.95.